The number of carboxylic acid groups (broad SMARTS) is 1. The molecule has 4 N–H and O–H groups in total. The number of aliphatic carboxylic acids is 1. The monoisotopic (exact) mass is 258 g/mol. The van der Waals surface area contributed by atoms with Crippen LogP contribution in [0.25, 0.3) is 0 Å². The molecule has 0 aromatic carbocycles. The van der Waals surface area contributed by atoms with E-state index < -0.39 is 18.0 Å². The van der Waals surface area contributed by atoms with Gasteiger partial charge in [0.15, 0.2) is 0 Å². The highest BCUT2D eigenvalue weighted by atomic mass is 16.4. The van der Waals surface area contributed by atoms with Gasteiger partial charge in [-0.1, -0.05) is 19.3 Å². The maximum absolute atomic E-state index is 11.7. The lowest BCUT2D eigenvalue weighted by Crippen LogP contribution is -2.54. The van der Waals surface area contributed by atoms with E-state index in [2.05, 4.69) is 10.6 Å². The van der Waals surface area contributed by atoms with Crippen LogP contribution in [0.4, 0.5) is 4.79 Å². The number of urea groups is 1. The number of rotatable bonds is 5. The molecule has 0 heterocycles. The molecule has 0 radical (unpaired) electrons. The third-order valence-electron chi connectivity index (χ3n) is 3.39. The maximum atomic E-state index is 11.7. The summed E-state index contributed by atoms with van der Waals surface area (Å²) in [4.78, 5) is 22.6. The van der Waals surface area contributed by atoms with Crippen LogP contribution >= 0.6 is 0 Å². The van der Waals surface area contributed by atoms with Crippen LogP contribution in [0.1, 0.15) is 45.4 Å². The summed E-state index contributed by atoms with van der Waals surface area (Å²) in [5.41, 5.74) is -0.245. The molecule has 0 bridgehead atoms. The Kier molecular flexibility index (Phi) is 5.40. The lowest BCUT2D eigenvalue weighted by molar-refractivity contribution is -0.139. The predicted octanol–water partition coefficient (Wildman–Crippen LogP) is 0.844. The summed E-state index contributed by atoms with van der Waals surface area (Å²) in [6.45, 7) is 1.71. The summed E-state index contributed by atoms with van der Waals surface area (Å²) in [5.74, 6) is -1.13. The van der Waals surface area contributed by atoms with Crippen molar-refractivity contribution in [3.63, 3.8) is 0 Å². The number of hydrogen-bond donors (Lipinski definition) is 4. The molecule has 0 spiro atoms. The van der Waals surface area contributed by atoms with E-state index in [0.29, 0.717) is 0 Å². The number of aliphatic hydroxyl groups excluding tert-OH is 1. The van der Waals surface area contributed by atoms with Crippen molar-refractivity contribution in [3.05, 3.63) is 0 Å². The van der Waals surface area contributed by atoms with Crippen LogP contribution in [0.15, 0.2) is 0 Å². The molecule has 1 fully saturated rings. The Morgan fingerprint density at radius 2 is 1.89 bits per heavy atom. The second kappa shape index (κ2) is 6.58. The number of hydrogen-bond acceptors (Lipinski definition) is 3. The van der Waals surface area contributed by atoms with E-state index in [1.54, 1.807) is 0 Å². The van der Waals surface area contributed by atoms with Crippen molar-refractivity contribution in [1.82, 2.24) is 10.6 Å². The smallest absolute Gasteiger partial charge is 0.326 e. The fourth-order valence-corrected chi connectivity index (χ4v) is 2.31. The Bertz CT molecular complexity index is 300. The van der Waals surface area contributed by atoms with E-state index >= 15 is 0 Å². The zero-order chi connectivity index (χ0) is 13.6. The van der Waals surface area contributed by atoms with Gasteiger partial charge in [-0.25, -0.2) is 9.59 Å². The van der Waals surface area contributed by atoms with E-state index in [4.69, 9.17) is 10.2 Å². The van der Waals surface area contributed by atoms with E-state index in [1.165, 1.54) is 6.42 Å². The van der Waals surface area contributed by atoms with Gasteiger partial charge in [0.25, 0.3) is 0 Å². The van der Waals surface area contributed by atoms with Crippen molar-refractivity contribution in [1.29, 1.82) is 0 Å². The lowest BCUT2D eigenvalue weighted by atomic mass is 9.83. The highest BCUT2D eigenvalue weighted by molar-refractivity contribution is 5.82. The minimum absolute atomic E-state index is 0.0134. The third kappa shape index (κ3) is 4.52. The number of carbonyl (C=O) groups is 2. The minimum atomic E-state index is -1.13. The van der Waals surface area contributed by atoms with Gasteiger partial charge in [0, 0.05) is 18.6 Å². The highest BCUT2D eigenvalue weighted by Gasteiger charge is 2.29. The first-order valence-corrected chi connectivity index (χ1v) is 6.39. The molecule has 6 heteroatoms. The molecule has 1 aliphatic rings. The van der Waals surface area contributed by atoms with Crippen molar-refractivity contribution in [3.8, 4) is 0 Å². The normalized spacial score (nSPS) is 19.9. The number of carbonyl (C=O) groups excluding carboxylic acids is 1. The van der Waals surface area contributed by atoms with Crippen LogP contribution in [0.2, 0.25) is 0 Å². The molecule has 18 heavy (non-hydrogen) atoms. The Balaban J connectivity index is 2.46. The van der Waals surface area contributed by atoms with Crippen LogP contribution in [0, 0.1) is 0 Å². The average molecular weight is 258 g/mol. The SMILES string of the molecule is CC1(NC(=O)N[C@H](CCO)C(=O)O)CCCCC1. The topological polar surface area (TPSA) is 98.7 Å². The Morgan fingerprint density at radius 3 is 2.39 bits per heavy atom. The first-order chi connectivity index (χ1) is 8.47. The fourth-order valence-electron chi connectivity index (χ4n) is 2.31. The molecule has 104 valence electrons. The van der Waals surface area contributed by atoms with Gasteiger partial charge >= 0.3 is 12.0 Å². The predicted molar refractivity (Wildman–Crippen MR) is 66.3 cm³/mol. The van der Waals surface area contributed by atoms with Crippen molar-refractivity contribution < 1.29 is 19.8 Å². The van der Waals surface area contributed by atoms with Gasteiger partial charge in [-0.05, 0) is 19.8 Å². The summed E-state index contributed by atoms with van der Waals surface area (Å²) in [5, 5.41) is 22.8. The molecule has 0 saturated heterocycles. The van der Waals surface area contributed by atoms with Crippen LogP contribution in [-0.4, -0.2) is 40.4 Å². The number of nitrogens with one attached hydrogen (secondary N) is 2. The molecular formula is C12H22N2O4. The Morgan fingerprint density at radius 1 is 1.28 bits per heavy atom. The molecule has 2 amide bonds. The zero-order valence-electron chi connectivity index (χ0n) is 10.7. The number of amides is 2. The minimum Gasteiger partial charge on any atom is -0.480 e. The fraction of sp³-hybridized carbons (Fsp3) is 0.833. The van der Waals surface area contributed by atoms with Gasteiger partial charge in [0.2, 0.25) is 0 Å². The summed E-state index contributed by atoms with van der Waals surface area (Å²) in [7, 11) is 0. The first-order valence-electron chi connectivity index (χ1n) is 6.39. The molecule has 1 rings (SSSR count). The first kappa shape index (κ1) is 14.8. The second-order valence-electron chi connectivity index (χ2n) is 5.12. The molecule has 0 unspecified atom stereocenters. The largest absolute Gasteiger partial charge is 0.480 e. The molecule has 1 aliphatic carbocycles. The van der Waals surface area contributed by atoms with E-state index in [0.717, 1.165) is 25.7 Å². The van der Waals surface area contributed by atoms with Crippen LogP contribution in [0.5, 0.6) is 0 Å². The van der Waals surface area contributed by atoms with E-state index in [9.17, 15) is 9.59 Å². The van der Waals surface area contributed by atoms with Gasteiger partial charge < -0.3 is 20.8 Å². The molecule has 0 aliphatic heterocycles. The standard InChI is InChI=1S/C12H22N2O4/c1-12(6-3-2-4-7-12)14-11(18)13-9(5-8-15)10(16)17/h9,15H,2-8H2,1H3,(H,16,17)(H2,13,14,18)/t9-/m1/s1. The van der Waals surface area contributed by atoms with E-state index in [1.807, 2.05) is 6.92 Å². The van der Waals surface area contributed by atoms with Crippen molar-refractivity contribution in [2.45, 2.75) is 57.0 Å². The number of carboxylic acids is 1. The van der Waals surface area contributed by atoms with Gasteiger partial charge in [-0.2, -0.15) is 0 Å². The quantitative estimate of drug-likeness (QED) is 0.587. The van der Waals surface area contributed by atoms with Crippen LogP contribution in [0.3, 0.4) is 0 Å². The summed E-state index contributed by atoms with van der Waals surface area (Å²) in [6, 6.07) is -1.51. The molecule has 0 aromatic rings. The zero-order valence-corrected chi connectivity index (χ0v) is 10.7. The van der Waals surface area contributed by atoms with E-state index in [-0.39, 0.29) is 18.6 Å². The highest BCUT2D eigenvalue weighted by Crippen LogP contribution is 2.27. The molecule has 1 atom stereocenters. The molecule has 0 aromatic heterocycles. The lowest BCUT2D eigenvalue weighted by Gasteiger charge is -2.34. The number of aliphatic hydroxyl groups is 1. The maximum Gasteiger partial charge on any atom is 0.326 e. The summed E-state index contributed by atoms with van der Waals surface area (Å²) < 4.78 is 0. The van der Waals surface area contributed by atoms with Crippen LogP contribution < -0.4 is 10.6 Å². The van der Waals surface area contributed by atoms with Crippen molar-refractivity contribution in [2.75, 3.05) is 6.61 Å². The van der Waals surface area contributed by atoms with Gasteiger partial charge in [0.05, 0.1) is 0 Å². The summed E-state index contributed by atoms with van der Waals surface area (Å²) >= 11 is 0. The van der Waals surface area contributed by atoms with Gasteiger partial charge in [-0.3, -0.25) is 0 Å². The molecular weight excluding hydrogens is 236 g/mol. The third-order valence-corrected chi connectivity index (χ3v) is 3.39. The molecule has 6 nitrogen and oxygen atoms in total. The summed E-state index contributed by atoms with van der Waals surface area (Å²) in [6.07, 6.45) is 5.18. The van der Waals surface area contributed by atoms with Crippen molar-refractivity contribution in [2.24, 2.45) is 0 Å². The van der Waals surface area contributed by atoms with Gasteiger partial charge in [0.1, 0.15) is 6.04 Å². The van der Waals surface area contributed by atoms with Crippen molar-refractivity contribution >= 4 is 12.0 Å². The Hall–Kier alpha value is -1.30. The second-order valence-corrected chi connectivity index (χ2v) is 5.12. The van der Waals surface area contributed by atoms with Crippen LogP contribution in [-0.2, 0) is 4.79 Å². The average Bonchev–Trinajstić information content (AvgIpc) is 2.28. The van der Waals surface area contributed by atoms with Gasteiger partial charge in [-0.15, -0.1) is 0 Å². The Labute approximate surface area is 107 Å². The molecule has 1 saturated carbocycles.